The van der Waals surface area contributed by atoms with Crippen LogP contribution in [0.4, 0.5) is 11.6 Å². The summed E-state index contributed by atoms with van der Waals surface area (Å²) in [6.45, 7) is 1.85. The van der Waals surface area contributed by atoms with Crippen LogP contribution in [-0.2, 0) is 0 Å². The molecule has 1 aromatic heterocycles. The fraction of sp³-hybridized carbons (Fsp3) is 0.167. The van der Waals surface area contributed by atoms with E-state index < -0.39 is 4.92 Å². The van der Waals surface area contributed by atoms with Crippen molar-refractivity contribution >= 4 is 23.4 Å². The molecule has 2 rings (SSSR count). The quantitative estimate of drug-likeness (QED) is 0.525. The summed E-state index contributed by atoms with van der Waals surface area (Å²) < 4.78 is 0. The first-order chi connectivity index (χ1) is 9.10. The standard InChI is InChI=1S/C12H12N4O2S/c1-8-7-11(15-12(13-2)14-8)19-10-6-4-3-5-9(10)16(17)18/h3-7H,1-2H3,(H,13,14,15). The van der Waals surface area contributed by atoms with E-state index in [-0.39, 0.29) is 5.69 Å². The number of nitrogens with zero attached hydrogens (tertiary/aromatic N) is 3. The van der Waals surface area contributed by atoms with E-state index in [1.807, 2.05) is 6.92 Å². The minimum Gasteiger partial charge on any atom is -0.357 e. The molecule has 0 aliphatic heterocycles. The van der Waals surface area contributed by atoms with Crippen LogP contribution in [-0.4, -0.2) is 21.9 Å². The number of rotatable bonds is 4. The van der Waals surface area contributed by atoms with E-state index in [1.165, 1.54) is 17.8 Å². The molecule has 0 atom stereocenters. The second-order valence-electron chi connectivity index (χ2n) is 3.75. The molecule has 6 nitrogen and oxygen atoms in total. The number of aryl methyl sites for hydroxylation is 1. The first-order valence-corrected chi connectivity index (χ1v) is 6.36. The van der Waals surface area contributed by atoms with Gasteiger partial charge >= 0.3 is 0 Å². The van der Waals surface area contributed by atoms with Crippen molar-refractivity contribution in [2.45, 2.75) is 16.8 Å². The Bertz CT molecular complexity index is 618. The van der Waals surface area contributed by atoms with Gasteiger partial charge in [-0.1, -0.05) is 23.9 Å². The van der Waals surface area contributed by atoms with Crippen LogP contribution in [0, 0.1) is 17.0 Å². The lowest BCUT2D eigenvalue weighted by Crippen LogP contribution is -1.99. The van der Waals surface area contributed by atoms with Gasteiger partial charge in [0.2, 0.25) is 5.95 Å². The van der Waals surface area contributed by atoms with E-state index in [2.05, 4.69) is 15.3 Å². The number of nitrogens with one attached hydrogen (secondary N) is 1. The van der Waals surface area contributed by atoms with Crippen LogP contribution >= 0.6 is 11.8 Å². The Balaban J connectivity index is 2.36. The molecule has 7 heteroatoms. The van der Waals surface area contributed by atoms with E-state index in [9.17, 15) is 10.1 Å². The summed E-state index contributed by atoms with van der Waals surface area (Å²) in [7, 11) is 1.73. The van der Waals surface area contributed by atoms with Crippen LogP contribution in [0.15, 0.2) is 40.3 Å². The van der Waals surface area contributed by atoms with Gasteiger partial charge in [0, 0.05) is 18.8 Å². The molecule has 0 unspecified atom stereocenters. The summed E-state index contributed by atoms with van der Waals surface area (Å²) in [5.41, 5.74) is 0.884. The topological polar surface area (TPSA) is 81.0 Å². The molecule has 1 N–H and O–H groups in total. The normalized spacial score (nSPS) is 10.2. The Morgan fingerprint density at radius 2 is 2.05 bits per heavy atom. The lowest BCUT2D eigenvalue weighted by atomic mass is 10.3. The van der Waals surface area contributed by atoms with Crippen LogP contribution in [0.25, 0.3) is 0 Å². The largest absolute Gasteiger partial charge is 0.357 e. The van der Waals surface area contributed by atoms with Crippen molar-refractivity contribution in [1.82, 2.24) is 9.97 Å². The van der Waals surface area contributed by atoms with Gasteiger partial charge in [-0.05, 0) is 19.1 Å². The van der Waals surface area contributed by atoms with Crippen molar-refractivity contribution in [2.24, 2.45) is 0 Å². The molecule has 0 spiro atoms. The zero-order valence-corrected chi connectivity index (χ0v) is 11.3. The average Bonchev–Trinajstić information content (AvgIpc) is 2.38. The number of hydrogen-bond donors (Lipinski definition) is 1. The summed E-state index contributed by atoms with van der Waals surface area (Å²) in [6, 6.07) is 8.39. The number of aromatic nitrogens is 2. The van der Waals surface area contributed by atoms with Crippen molar-refractivity contribution in [1.29, 1.82) is 0 Å². The summed E-state index contributed by atoms with van der Waals surface area (Å²) in [4.78, 5) is 19.6. The number of para-hydroxylation sites is 1. The maximum atomic E-state index is 10.9. The van der Waals surface area contributed by atoms with Crippen molar-refractivity contribution in [3.05, 3.63) is 46.1 Å². The highest BCUT2D eigenvalue weighted by Gasteiger charge is 2.14. The maximum Gasteiger partial charge on any atom is 0.283 e. The molecule has 0 amide bonds. The molecule has 0 aliphatic rings. The summed E-state index contributed by atoms with van der Waals surface area (Å²) in [6.07, 6.45) is 0. The van der Waals surface area contributed by atoms with E-state index in [0.29, 0.717) is 15.9 Å². The smallest absolute Gasteiger partial charge is 0.283 e. The van der Waals surface area contributed by atoms with Gasteiger partial charge in [-0.25, -0.2) is 9.97 Å². The monoisotopic (exact) mass is 276 g/mol. The summed E-state index contributed by atoms with van der Waals surface area (Å²) in [5, 5.41) is 14.5. The fourth-order valence-corrected chi connectivity index (χ4v) is 2.49. The Morgan fingerprint density at radius 3 is 2.74 bits per heavy atom. The SMILES string of the molecule is CNc1nc(C)cc(Sc2ccccc2[N+](=O)[O-])n1. The molecule has 98 valence electrons. The number of hydrogen-bond acceptors (Lipinski definition) is 6. The van der Waals surface area contributed by atoms with Crippen molar-refractivity contribution < 1.29 is 4.92 Å². The van der Waals surface area contributed by atoms with Gasteiger partial charge in [-0.3, -0.25) is 10.1 Å². The van der Waals surface area contributed by atoms with Gasteiger partial charge in [-0.15, -0.1) is 0 Å². The van der Waals surface area contributed by atoms with E-state index >= 15 is 0 Å². The predicted molar refractivity (Wildman–Crippen MR) is 73.5 cm³/mol. The molecule has 2 aromatic rings. The Kier molecular flexibility index (Phi) is 3.96. The molecule has 0 fully saturated rings. The molecule has 1 heterocycles. The van der Waals surface area contributed by atoms with Gasteiger partial charge in [-0.2, -0.15) is 0 Å². The van der Waals surface area contributed by atoms with Crippen molar-refractivity contribution in [3.63, 3.8) is 0 Å². The Hall–Kier alpha value is -2.15. The highest BCUT2D eigenvalue weighted by molar-refractivity contribution is 7.99. The van der Waals surface area contributed by atoms with Gasteiger partial charge in [0.15, 0.2) is 0 Å². The second-order valence-corrected chi connectivity index (χ2v) is 4.81. The van der Waals surface area contributed by atoms with Crippen LogP contribution in [0.2, 0.25) is 0 Å². The predicted octanol–water partition coefficient (Wildman–Crippen LogP) is 2.89. The zero-order valence-electron chi connectivity index (χ0n) is 10.5. The first kappa shape index (κ1) is 13.3. The lowest BCUT2D eigenvalue weighted by molar-refractivity contribution is -0.387. The molecule has 0 aliphatic carbocycles. The third kappa shape index (κ3) is 3.19. The maximum absolute atomic E-state index is 10.9. The fourth-order valence-electron chi connectivity index (χ4n) is 1.51. The summed E-state index contributed by atoms with van der Waals surface area (Å²) >= 11 is 1.25. The zero-order chi connectivity index (χ0) is 13.8. The average molecular weight is 276 g/mol. The van der Waals surface area contributed by atoms with Crippen LogP contribution in [0.5, 0.6) is 0 Å². The lowest BCUT2D eigenvalue weighted by Gasteiger charge is -2.05. The van der Waals surface area contributed by atoms with E-state index in [4.69, 9.17) is 0 Å². The molecular formula is C12H12N4O2S. The minimum absolute atomic E-state index is 0.0785. The van der Waals surface area contributed by atoms with E-state index in [1.54, 1.807) is 31.3 Å². The number of nitro groups is 1. The van der Waals surface area contributed by atoms with Crippen molar-refractivity contribution in [3.8, 4) is 0 Å². The molecule has 0 radical (unpaired) electrons. The number of benzene rings is 1. The molecule has 0 saturated carbocycles. The number of nitro benzene ring substituents is 1. The Labute approximate surface area is 114 Å². The molecule has 19 heavy (non-hydrogen) atoms. The highest BCUT2D eigenvalue weighted by atomic mass is 32.2. The third-order valence-corrected chi connectivity index (χ3v) is 3.31. The van der Waals surface area contributed by atoms with Gasteiger partial charge < -0.3 is 5.32 Å². The van der Waals surface area contributed by atoms with Gasteiger partial charge in [0.25, 0.3) is 5.69 Å². The van der Waals surface area contributed by atoms with E-state index in [0.717, 1.165) is 5.69 Å². The first-order valence-electron chi connectivity index (χ1n) is 5.55. The number of anilines is 1. The molecule has 0 saturated heterocycles. The molecule has 0 bridgehead atoms. The molecule has 1 aromatic carbocycles. The van der Waals surface area contributed by atoms with Crippen LogP contribution in [0.3, 0.4) is 0 Å². The minimum atomic E-state index is -0.393. The van der Waals surface area contributed by atoms with Gasteiger partial charge in [0.05, 0.1) is 9.82 Å². The van der Waals surface area contributed by atoms with Crippen LogP contribution < -0.4 is 5.32 Å². The third-order valence-electron chi connectivity index (χ3n) is 2.33. The highest BCUT2D eigenvalue weighted by Crippen LogP contribution is 2.33. The Morgan fingerprint density at radius 1 is 1.32 bits per heavy atom. The van der Waals surface area contributed by atoms with Crippen molar-refractivity contribution in [2.75, 3.05) is 12.4 Å². The van der Waals surface area contributed by atoms with Gasteiger partial charge in [0.1, 0.15) is 5.03 Å². The summed E-state index contributed by atoms with van der Waals surface area (Å²) in [5.74, 6) is 0.501. The van der Waals surface area contributed by atoms with Crippen LogP contribution in [0.1, 0.15) is 5.69 Å². The molecular weight excluding hydrogens is 264 g/mol. The second kappa shape index (κ2) is 5.66.